The summed E-state index contributed by atoms with van der Waals surface area (Å²) in [6.07, 6.45) is -2.87. The maximum atomic E-state index is 14.0. The van der Waals surface area contributed by atoms with Crippen LogP contribution in [-0.2, 0) is 12.7 Å². The summed E-state index contributed by atoms with van der Waals surface area (Å²) in [5, 5.41) is 18.5. The van der Waals surface area contributed by atoms with E-state index < -0.39 is 48.1 Å². The van der Waals surface area contributed by atoms with E-state index in [-0.39, 0.29) is 24.0 Å². The SMILES string of the molecule is CCn1cc(-c2cccc(C(NC(=O)c3cccc(C(F)(F)F)c3C)C3(O)CCC(F)(F)CC3)c2)cn1. The van der Waals surface area contributed by atoms with Crippen LogP contribution in [0.5, 0.6) is 0 Å². The molecule has 1 atom stereocenters. The van der Waals surface area contributed by atoms with Crippen molar-refractivity contribution in [2.24, 2.45) is 0 Å². The largest absolute Gasteiger partial charge is 0.416 e. The van der Waals surface area contributed by atoms with Gasteiger partial charge in [0.1, 0.15) is 0 Å². The van der Waals surface area contributed by atoms with E-state index in [0.717, 1.165) is 23.3 Å². The minimum atomic E-state index is -4.65. The highest BCUT2D eigenvalue weighted by Gasteiger charge is 2.48. The number of nitrogens with one attached hydrogen (secondary N) is 1. The van der Waals surface area contributed by atoms with Crippen LogP contribution in [0.2, 0.25) is 0 Å². The van der Waals surface area contributed by atoms with Crippen molar-refractivity contribution >= 4 is 5.91 Å². The molecule has 1 heterocycles. The monoisotopic (exact) mass is 521 g/mol. The molecule has 198 valence electrons. The van der Waals surface area contributed by atoms with E-state index in [4.69, 9.17) is 0 Å². The van der Waals surface area contributed by atoms with Gasteiger partial charge >= 0.3 is 6.18 Å². The second kappa shape index (κ2) is 9.89. The molecule has 1 unspecified atom stereocenters. The molecular weight excluding hydrogens is 493 g/mol. The Kier molecular flexibility index (Phi) is 7.16. The van der Waals surface area contributed by atoms with Gasteiger partial charge in [-0.1, -0.05) is 24.3 Å². The van der Waals surface area contributed by atoms with Gasteiger partial charge in [0.05, 0.1) is 23.4 Å². The van der Waals surface area contributed by atoms with Crippen molar-refractivity contribution in [1.82, 2.24) is 15.1 Å². The predicted molar refractivity (Wildman–Crippen MR) is 128 cm³/mol. The fourth-order valence-electron chi connectivity index (χ4n) is 4.85. The fraction of sp³-hybridized carbons (Fsp3) is 0.407. The molecule has 0 saturated heterocycles. The first kappa shape index (κ1) is 26.8. The second-order valence-corrected chi connectivity index (χ2v) is 9.55. The van der Waals surface area contributed by atoms with Gasteiger partial charge in [0.25, 0.3) is 5.91 Å². The smallest absolute Gasteiger partial charge is 0.387 e. The molecule has 0 spiro atoms. The van der Waals surface area contributed by atoms with Gasteiger partial charge in [-0.15, -0.1) is 0 Å². The van der Waals surface area contributed by atoms with Crippen molar-refractivity contribution in [3.63, 3.8) is 0 Å². The Bertz CT molecular complexity index is 1280. The quantitative estimate of drug-likeness (QED) is 0.374. The van der Waals surface area contributed by atoms with Crippen LogP contribution in [0.3, 0.4) is 0 Å². The molecule has 1 aliphatic rings. The lowest BCUT2D eigenvalue weighted by molar-refractivity contribution is -0.138. The van der Waals surface area contributed by atoms with Crippen LogP contribution in [0.15, 0.2) is 54.9 Å². The number of amides is 1. The number of hydrogen-bond acceptors (Lipinski definition) is 3. The summed E-state index contributed by atoms with van der Waals surface area (Å²) < 4.78 is 69.9. The summed E-state index contributed by atoms with van der Waals surface area (Å²) in [5.41, 5.74) is -1.16. The number of aliphatic hydroxyl groups is 1. The third-order valence-electron chi connectivity index (χ3n) is 7.05. The van der Waals surface area contributed by atoms with E-state index in [1.165, 1.54) is 13.0 Å². The molecular formula is C27H28F5N3O2. The summed E-state index contributed by atoms with van der Waals surface area (Å²) in [4.78, 5) is 13.3. The van der Waals surface area contributed by atoms with Gasteiger partial charge in [-0.25, -0.2) is 8.78 Å². The molecule has 1 saturated carbocycles. The third-order valence-corrected chi connectivity index (χ3v) is 7.05. The van der Waals surface area contributed by atoms with Crippen molar-refractivity contribution in [2.75, 3.05) is 0 Å². The van der Waals surface area contributed by atoms with Gasteiger partial charge in [-0.05, 0) is 61.6 Å². The number of benzene rings is 2. The Labute approximate surface area is 211 Å². The molecule has 37 heavy (non-hydrogen) atoms. The molecule has 4 rings (SSSR count). The number of halogens is 5. The van der Waals surface area contributed by atoms with Gasteiger partial charge in [-0.3, -0.25) is 9.48 Å². The predicted octanol–water partition coefficient (Wildman–Crippen LogP) is 6.31. The van der Waals surface area contributed by atoms with E-state index in [1.54, 1.807) is 29.1 Å². The number of aryl methyl sites for hydroxylation is 1. The minimum Gasteiger partial charge on any atom is -0.387 e. The molecule has 2 N–H and O–H groups in total. The average molecular weight is 522 g/mol. The van der Waals surface area contributed by atoms with Crippen LogP contribution in [0.25, 0.3) is 11.1 Å². The van der Waals surface area contributed by atoms with Crippen LogP contribution in [0.1, 0.15) is 65.7 Å². The zero-order chi connectivity index (χ0) is 27.0. The molecule has 1 aromatic heterocycles. The van der Waals surface area contributed by atoms with Crippen molar-refractivity contribution < 1.29 is 31.9 Å². The lowest BCUT2D eigenvalue weighted by atomic mass is 9.75. The van der Waals surface area contributed by atoms with Crippen molar-refractivity contribution in [2.45, 2.75) is 69.8 Å². The summed E-state index contributed by atoms with van der Waals surface area (Å²) >= 11 is 0. The molecule has 0 aliphatic heterocycles. The van der Waals surface area contributed by atoms with E-state index in [2.05, 4.69) is 10.4 Å². The van der Waals surface area contributed by atoms with Gasteiger partial charge in [-0.2, -0.15) is 18.3 Å². The lowest BCUT2D eigenvalue weighted by Crippen LogP contribution is -2.50. The Hall–Kier alpha value is -3.27. The maximum Gasteiger partial charge on any atom is 0.416 e. The van der Waals surface area contributed by atoms with E-state index in [1.807, 2.05) is 19.2 Å². The zero-order valence-electron chi connectivity index (χ0n) is 20.4. The number of carbonyl (C=O) groups excluding carboxylic acids is 1. The summed E-state index contributed by atoms with van der Waals surface area (Å²) in [6, 6.07) is 9.08. The molecule has 0 bridgehead atoms. The minimum absolute atomic E-state index is 0.204. The molecule has 10 heteroatoms. The molecule has 1 aliphatic carbocycles. The molecule has 1 amide bonds. The highest BCUT2D eigenvalue weighted by molar-refractivity contribution is 5.96. The number of aromatic nitrogens is 2. The zero-order valence-corrected chi connectivity index (χ0v) is 20.4. The number of rotatable bonds is 6. The van der Waals surface area contributed by atoms with E-state index >= 15 is 0 Å². The number of carbonyl (C=O) groups is 1. The standard InChI is InChI=1S/C27H28F5N3O2/c1-3-35-16-20(15-33-35)18-6-4-7-19(14-18)23(25(37)10-12-26(28,29)13-11-25)34-24(36)21-8-5-9-22(17(21)2)27(30,31)32/h4-9,14-16,23,37H,3,10-13H2,1-2H3,(H,34,36). The number of hydrogen-bond donors (Lipinski definition) is 2. The summed E-state index contributed by atoms with van der Waals surface area (Å²) in [6.45, 7) is 3.79. The lowest BCUT2D eigenvalue weighted by Gasteiger charge is -2.42. The van der Waals surface area contributed by atoms with Crippen LogP contribution >= 0.6 is 0 Å². The average Bonchev–Trinajstić information content (AvgIpc) is 3.33. The van der Waals surface area contributed by atoms with E-state index in [9.17, 15) is 31.9 Å². The molecule has 3 aromatic rings. The molecule has 5 nitrogen and oxygen atoms in total. The van der Waals surface area contributed by atoms with Crippen LogP contribution in [-0.4, -0.2) is 32.3 Å². The van der Waals surface area contributed by atoms with Gasteiger partial charge < -0.3 is 10.4 Å². The van der Waals surface area contributed by atoms with Gasteiger partial charge in [0, 0.05) is 36.7 Å². The highest BCUT2D eigenvalue weighted by atomic mass is 19.4. The van der Waals surface area contributed by atoms with Crippen LogP contribution < -0.4 is 5.32 Å². The Morgan fingerprint density at radius 2 is 1.78 bits per heavy atom. The molecule has 0 radical (unpaired) electrons. The number of nitrogens with zero attached hydrogens (tertiary/aromatic N) is 2. The van der Waals surface area contributed by atoms with Gasteiger partial charge in [0.2, 0.25) is 5.92 Å². The van der Waals surface area contributed by atoms with Crippen molar-refractivity contribution in [3.05, 3.63) is 77.1 Å². The summed E-state index contributed by atoms with van der Waals surface area (Å²) in [7, 11) is 0. The van der Waals surface area contributed by atoms with Gasteiger partial charge in [0.15, 0.2) is 0 Å². The topological polar surface area (TPSA) is 67.2 Å². The highest BCUT2D eigenvalue weighted by Crippen LogP contribution is 2.45. The van der Waals surface area contributed by atoms with E-state index in [0.29, 0.717) is 12.1 Å². The Morgan fingerprint density at radius 1 is 1.11 bits per heavy atom. The normalized spacial score (nSPS) is 17.8. The first-order valence-corrected chi connectivity index (χ1v) is 12.0. The van der Waals surface area contributed by atoms with Crippen LogP contribution in [0, 0.1) is 6.92 Å². The first-order chi connectivity index (χ1) is 17.3. The fourth-order valence-corrected chi connectivity index (χ4v) is 4.85. The first-order valence-electron chi connectivity index (χ1n) is 12.0. The summed E-state index contributed by atoms with van der Waals surface area (Å²) in [5.74, 6) is -3.77. The maximum absolute atomic E-state index is 14.0. The Morgan fingerprint density at radius 3 is 2.41 bits per heavy atom. The van der Waals surface area contributed by atoms with Crippen LogP contribution in [0.4, 0.5) is 22.0 Å². The molecule has 2 aromatic carbocycles. The Balaban J connectivity index is 1.73. The second-order valence-electron chi connectivity index (χ2n) is 9.55. The third kappa shape index (κ3) is 5.69. The molecule has 1 fully saturated rings. The number of alkyl halides is 5. The van der Waals surface area contributed by atoms with Crippen molar-refractivity contribution in [1.29, 1.82) is 0 Å². The van der Waals surface area contributed by atoms with Crippen molar-refractivity contribution in [3.8, 4) is 11.1 Å².